The van der Waals surface area contributed by atoms with Crippen molar-refractivity contribution < 1.29 is 4.79 Å². The Labute approximate surface area is 149 Å². The van der Waals surface area contributed by atoms with Crippen molar-refractivity contribution in [3.05, 3.63) is 27.9 Å². The van der Waals surface area contributed by atoms with Crippen LogP contribution in [0.1, 0.15) is 44.5 Å². The molecule has 1 amide bonds. The molecule has 6 heteroatoms. The number of carbonyl (C=O) groups is 1. The van der Waals surface area contributed by atoms with E-state index in [1.807, 2.05) is 4.90 Å². The molecule has 138 valence electrons. The van der Waals surface area contributed by atoms with E-state index in [1.165, 1.54) is 25.6 Å². The summed E-state index contributed by atoms with van der Waals surface area (Å²) in [7, 11) is 0. The zero-order valence-electron chi connectivity index (χ0n) is 15.6. The predicted molar refractivity (Wildman–Crippen MR) is 97.4 cm³/mol. The highest BCUT2D eigenvalue weighted by Crippen LogP contribution is 2.31. The molecule has 1 aliphatic heterocycles. The molecule has 0 bridgehead atoms. The second-order valence-corrected chi connectivity index (χ2v) is 7.94. The number of amides is 1. The smallest absolute Gasteiger partial charge is 0.254 e. The van der Waals surface area contributed by atoms with Crippen molar-refractivity contribution in [1.82, 2.24) is 19.8 Å². The third kappa shape index (κ3) is 4.69. The lowest BCUT2D eigenvalue weighted by Gasteiger charge is -2.34. The Hall–Kier alpha value is -1.69. The second-order valence-electron chi connectivity index (χ2n) is 7.94. The number of aryl methyl sites for hydroxylation is 1. The van der Waals surface area contributed by atoms with Crippen molar-refractivity contribution in [2.24, 2.45) is 11.8 Å². The molecule has 1 N–H and O–H groups in total. The molecule has 1 saturated heterocycles. The summed E-state index contributed by atoms with van der Waals surface area (Å²) in [5.41, 5.74) is 0.252. The minimum atomic E-state index is -0.202. The molecule has 2 heterocycles. The van der Waals surface area contributed by atoms with Crippen LogP contribution in [0.25, 0.3) is 0 Å². The zero-order valence-corrected chi connectivity index (χ0v) is 15.6. The van der Waals surface area contributed by atoms with E-state index in [9.17, 15) is 9.59 Å². The number of carbonyl (C=O) groups excluding carboxylic acids is 1. The number of nitrogens with zero attached hydrogens (tertiary/aromatic N) is 3. The number of nitrogens with one attached hydrogen (secondary N) is 1. The molecule has 6 nitrogen and oxygen atoms in total. The monoisotopic (exact) mass is 346 g/mol. The standard InChI is InChI=1S/C19H30N4O2/c1-13(2)17-12-23(8-4-7-22(17)11-15-5-6-15)18(24)9-16-10-20-14(3)21-19(16)25/h10,13,15,17H,4-9,11-12H2,1-3H3,(H,20,21,25)/t17-/m0/s1. The first-order valence-electron chi connectivity index (χ1n) is 9.50. The van der Waals surface area contributed by atoms with E-state index in [2.05, 4.69) is 28.7 Å². The Morgan fingerprint density at radius 1 is 1.36 bits per heavy atom. The third-order valence-corrected chi connectivity index (χ3v) is 5.40. The van der Waals surface area contributed by atoms with E-state index in [4.69, 9.17) is 0 Å². The minimum Gasteiger partial charge on any atom is -0.341 e. The van der Waals surface area contributed by atoms with Gasteiger partial charge in [0.15, 0.2) is 0 Å². The first-order chi connectivity index (χ1) is 11.9. The van der Waals surface area contributed by atoms with Gasteiger partial charge in [-0.05, 0) is 38.0 Å². The van der Waals surface area contributed by atoms with Crippen LogP contribution >= 0.6 is 0 Å². The van der Waals surface area contributed by atoms with Crippen LogP contribution in [0, 0.1) is 18.8 Å². The van der Waals surface area contributed by atoms with E-state index >= 15 is 0 Å². The molecule has 0 spiro atoms. The van der Waals surface area contributed by atoms with Gasteiger partial charge < -0.3 is 9.88 Å². The van der Waals surface area contributed by atoms with Gasteiger partial charge in [0.1, 0.15) is 5.82 Å². The summed E-state index contributed by atoms with van der Waals surface area (Å²) in [5, 5.41) is 0. The van der Waals surface area contributed by atoms with Gasteiger partial charge in [-0.25, -0.2) is 4.98 Å². The summed E-state index contributed by atoms with van der Waals surface area (Å²) >= 11 is 0. The molecule has 1 aromatic rings. The number of hydrogen-bond acceptors (Lipinski definition) is 4. The fourth-order valence-electron chi connectivity index (χ4n) is 3.69. The van der Waals surface area contributed by atoms with Gasteiger partial charge in [0.05, 0.1) is 6.42 Å². The second kappa shape index (κ2) is 7.68. The fraction of sp³-hybridized carbons (Fsp3) is 0.737. The van der Waals surface area contributed by atoms with Crippen LogP contribution in [0.4, 0.5) is 0 Å². The maximum atomic E-state index is 12.8. The Kier molecular flexibility index (Phi) is 5.57. The van der Waals surface area contributed by atoms with E-state index in [0.717, 1.165) is 32.0 Å². The molecule has 2 aliphatic rings. The Balaban J connectivity index is 1.68. The van der Waals surface area contributed by atoms with E-state index in [0.29, 0.717) is 23.3 Å². The number of hydrogen-bond donors (Lipinski definition) is 1. The van der Waals surface area contributed by atoms with Gasteiger partial charge in [-0.2, -0.15) is 0 Å². The summed E-state index contributed by atoms with van der Waals surface area (Å²) < 4.78 is 0. The van der Waals surface area contributed by atoms with E-state index < -0.39 is 0 Å². The van der Waals surface area contributed by atoms with Crippen LogP contribution in [0.15, 0.2) is 11.0 Å². The van der Waals surface area contributed by atoms with Crippen LogP contribution < -0.4 is 5.56 Å². The van der Waals surface area contributed by atoms with Gasteiger partial charge in [-0.1, -0.05) is 13.8 Å². The molecule has 0 unspecified atom stereocenters. The van der Waals surface area contributed by atoms with Crippen LogP contribution in [-0.2, 0) is 11.2 Å². The first kappa shape index (κ1) is 18.1. The largest absolute Gasteiger partial charge is 0.341 e. The lowest BCUT2D eigenvalue weighted by Crippen LogP contribution is -2.47. The number of aromatic amines is 1. The highest BCUT2D eigenvalue weighted by molar-refractivity contribution is 5.78. The van der Waals surface area contributed by atoms with Crippen molar-refractivity contribution in [1.29, 1.82) is 0 Å². The molecule has 1 aliphatic carbocycles. The first-order valence-corrected chi connectivity index (χ1v) is 9.50. The number of aromatic nitrogens is 2. The molecule has 25 heavy (non-hydrogen) atoms. The van der Waals surface area contributed by atoms with Crippen molar-refractivity contribution in [2.45, 2.75) is 52.5 Å². The van der Waals surface area contributed by atoms with Crippen molar-refractivity contribution >= 4 is 5.91 Å². The van der Waals surface area contributed by atoms with Gasteiger partial charge >= 0.3 is 0 Å². The molecule has 1 aromatic heterocycles. The summed E-state index contributed by atoms with van der Waals surface area (Å²) in [6.07, 6.45) is 5.38. The van der Waals surface area contributed by atoms with Crippen LogP contribution in [0.3, 0.4) is 0 Å². The van der Waals surface area contributed by atoms with E-state index in [1.54, 1.807) is 6.92 Å². The Bertz CT molecular complexity index is 666. The molecule has 3 rings (SSSR count). The molecular formula is C19H30N4O2. The molecule has 2 fully saturated rings. The van der Waals surface area contributed by atoms with Crippen LogP contribution in [0.2, 0.25) is 0 Å². The highest BCUT2D eigenvalue weighted by Gasteiger charge is 2.33. The van der Waals surface area contributed by atoms with Gasteiger partial charge in [0.2, 0.25) is 5.91 Å². The van der Waals surface area contributed by atoms with E-state index in [-0.39, 0.29) is 17.9 Å². The summed E-state index contributed by atoms with van der Waals surface area (Å²) in [4.78, 5) is 36.1. The highest BCUT2D eigenvalue weighted by atomic mass is 16.2. The average molecular weight is 346 g/mol. The third-order valence-electron chi connectivity index (χ3n) is 5.40. The lowest BCUT2D eigenvalue weighted by atomic mass is 10.0. The normalized spacial score (nSPS) is 22.2. The van der Waals surface area contributed by atoms with Crippen molar-refractivity contribution in [3.8, 4) is 0 Å². The Morgan fingerprint density at radius 2 is 2.12 bits per heavy atom. The zero-order chi connectivity index (χ0) is 18.0. The fourth-order valence-corrected chi connectivity index (χ4v) is 3.69. The van der Waals surface area contributed by atoms with Crippen LogP contribution in [-0.4, -0.2) is 57.9 Å². The molecular weight excluding hydrogens is 316 g/mol. The predicted octanol–water partition coefficient (Wildman–Crippen LogP) is 1.59. The average Bonchev–Trinajstić information content (AvgIpc) is 3.37. The van der Waals surface area contributed by atoms with Crippen LogP contribution in [0.5, 0.6) is 0 Å². The lowest BCUT2D eigenvalue weighted by molar-refractivity contribution is -0.131. The topological polar surface area (TPSA) is 69.3 Å². The van der Waals surface area contributed by atoms with Gasteiger partial charge in [0, 0.05) is 44.0 Å². The summed E-state index contributed by atoms with van der Waals surface area (Å²) in [6, 6.07) is 0.404. The molecule has 1 atom stereocenters. The number of H-pyrrole nitrogens is 1. The quantitative estimate of drug-likeness (QED) is 0.879. The SMILES string of the molecule is Cc1ncc(CC(=O)N2CCCN(CC3CC3)[C@H](C(C)C)C2)c(=O)[nH]1. The minimum absolute atomic E-state index is 0.0371. The molecule has 0 aromatic carbocycles. The Morgan fingerprint density at radius 3 is 2.76 bits per heavy atom. The molecule has 1 saturated carbocycles. The maximum Gasteiger partial charge on any atom is 0.254 e. The molecule has 0 radical (unpaired) electrons. The summed E-state index contributed by atoms with van der Waals surface area (Å²) in [6.45, 7) is 10.0. The van der Waals surface area contributed by atoms with Gasteiger partial charge in [0.25, 0.3) is 5.56 Å². The number of rotatable bonds is 5. The van der Waals surface area contributed by atoms with Crippen molar-refractivity contribution in [3.63, 3.8) is 0 Å². The summed E-state index contributed by atoms with van der Waals surface area (Å²) in [5.74, 6) is 1.99. The van der Waals surface area contributed by atoms with Gasteiger partial charge in [-0.3, -0.25) is 14.5 Å². The maximum absolute atomic E-state index is 12.8. The van der Waals surface area contributed by atoms with Crippen molar-refractivity contribution in [2.75, 3.05) is 26.2 Å². The van der Waals surface area contributed by atoms with Gasteiger partial charge in [-0.15, -0.1) is 0 Å².